The molecule has 0 fully saturated rings. The molecule has 7 nitrogen and oxygen atoms in total. The SMILES string of the molecule is CC(C)(C)OC(=O)CCC(C(=O)OC(C)(C)C)C(OC(C)(C)C)P(=O)(OC(C)(C)C)c1ccccc1. The first kappa shape index (κ1) is 32.3. The molecular formula is C28H47O7P. The van der Waals surface area contributed by atoms with Crippen LogP contribution >= 0.6 is 7.37 Å². The fourth-order valence-corrected chi connectivity index (χ4v) is 6.57. The van der Waals surface area contributed by atoms with Crippen LogP contribution in [0, 0.1) is 5.92 Å². The average molecular weight is 527 g/mol. The molecule has 3 unspecified atom stereocenters. The highest BCUT2D eigenvalue weighted by Crippen LogP contribution is 2.58. The molecule has 0 bridgehead atoms. The van der Waals surface area contributed by atoms with Crippen LogP contribution in [0.25, 0.3) is 0 Å². The second kappa shape index (κ2) is 11.8. The standard InChI is InChI=1S/C28H47O7P/c1-25(2,3)32-22(29)19-18-21(23(30)33-26(4,5)6)24(34-27(7,8)9)36(31,35-28(10,11)12)20-16-14-13-15-17-20/h13-17,21,24H,18-19H2,1-12H3. The lowest BCUT2D eigenvalue weighted by Gasteiger charge is -2.40. The van der Waals surface area contributed by atoms with Crippen molar-refractivity contribution in [3.8, 4) is 0 Å². The van der Waals surface area contributed by atoms with Gasteiger partial charge in [-0.1, -0.05) is 18.2 Å². The van der Waals surface area contributed by atoms with E-state index in [4.69, 9.17) is 18.7 Å². The number of hydrogen-bond donors (Lipinski definition) is 0. The Morgan fingerprint density at radius 2 is 1.25 bits per heavy atom. The molecule has 1 rings (SSSR count). The highest BCUT2D eigenvalue weighted by atomic mass is 31.2. The number of esters is 2. The Balaban J connectivity index is 3.69. The lowest BCUT2D eigenvalue weighted by molar-refractivity contribution is -0.168. The van der Waals surface area contributed by atoms with E-state index in [2.05, 4.69) is 0 Å². The van der Waals surface area contributed by atoms with Crippen LogP contribution in [0.5, 0.6) is 0 Å². The molecule has 0 aliphatic heterocycles. The molecule has 0 aromatic heterocycles. The molecule has 0 N–H and O–H groups in total. The fourth-order valence-electron chi connectivity index (χ4n) is 3.47. The van der Waals surface area contributed by atoms with Crippen molar-refractivity contribution in [1.29, 1.82) is 0 Å². The van der Waals surface area contributed by atoms with Gasteiger partial charge in [-0.3, -0.25) is 14.2 Å². The highest BCUT2D eigenvalue weighted by Gasteiger charge is 2.50. The Morgan fingerprint density at radius 1 is 0.750 bits per heavy atom. The summed E-state index contributed by atoms with van der Waals surface area (Å²) in [5, 5.41) is 0.431. The van der Waals surface area contributed by atoms with Crippen LogP contribution in [0.2, 0.25) is 0 Å². The Kier molecular flexibility index (Phi) is 10.6. The lowest BCUT2D eigenvalue weighted by atomic mass is 10.0. The fraction of sp³-hybridized carbons (Fsp3) is 0.714. The number of carbonyl (C=O) groups excluding carboxylic acids is 2. The maximum atomic E-state index is 14.9. The van der Waals surface area contributed by atoms with Gasteiger partial charge in [0.05, 0.1) is 17.1 Å². The van der Waals surface area contributed by atoms with Gasteiger partial charge in [-0.25, -0.2) is 0 Å². The van der Waals surface area contributed by atoms with E-state index in [-0.39, 0.29) is 12.8 Å². The summed E-state index contributed by atoms with van der Waals surface area (Å²) in [5.74, 6) is -3.31. The number of ether oxygens (including phenoxy) is 3. The smallest absolute Gasteiger partial charge is 0.312 e. The molecule has 0 amide bonds. The molecule has 206 valence electrons. The van der Waals surface area contributed by atoms with Crippen molar-refractivity contribution in [2.45, 2.75) is 124 Å². The van der Waals surface area contributed by atoms with Crippen LogP contribution in [-0.2, 0) is 32.9 Å². The predicted octanol–water partition coefficient (Wildman–Crippen LogP) is 6.63. The van der Waals surface area contributed by atoms with Gasteiger partial charge in [-0.2, -0.15) is 0 Å². The molecule has 0 heterocycles. The number of carbonyl (C=O) groups is 2. The van der Waals surface area contributed by atoms with E-state index in [1.54, 1.807) is 86.6 Å². The second-order valence-electron chi connectivity index (χ2n) is 13.0. The predicted molar refractivity (Wildman–Crippen MR) is 144 cm³/mol. The molecule has 1 aromatic rings. The number of hydrogen-bond acceptors (Lipinski definition) is 7. The quantitative estimate of drug-likeness (QED) is 0.264. The van der Waals surface area contributed by atoms with Crippen molar-refractivity contribution in [2.75, 3.05) is 0 Å². The summed E-state index contributed by atoms with van der Waals surface area (Å²) in [6.45, 7) is 21.5. The topological polar surface area (TPSA) is 88.1 Å². The van der Waals surface area contributed by atoms with Crippen LogP contribution in [-0.4, -0.2) is 40.2 Å². The van der Waals surface area contributed by atoms with Gasteiger partial charge >= 0.3 is 11.9 Å². The minimum Gasteiger partial charge on any atom is -0.460 e. The molecule has 1 aromatic carbocycles. The minimum absolute atomic E-state index is 0.0227. The molecular weight excluding hydrogens is 479 g/mol. The molecule has 0 aliphatic rings. The summed E-state index contributed by atoms with van der Waals surface area (Å²) in [7, 11) is -3.85. The maximum absolute atomic E-state index is 14.9. The van der Waals surface area contributed by atoms with Crippen molar-refractivity contribution in [1.82, 2.24) is 0 Å². The van der Waals surface area contributed by atoms with Crippen molar-refractivity contribution in [3.05, 3.63) is 30.3 Å². The van der Waals surface area contributed by atoms with Crippen molar-refractivity contribution >= 4 is 24.6 Å². The van der Waals surface area contributed by atoms with E-state index in [0.29, 0.717) is 5.30 Å². The molecule has 3 atom stereocenters. The van der Waals surface area contributed by atoms with E-state index in [1.807, 2.05) is 26.8 Å². The third kappa shape index (κ3) is 11.6. The first-order valence-corrected chi connectivity index (χ1v) is 14.2. The summed E-state index contributed by atoms with van der Waals surface area (Å²) in [5.41, 5.74) is -3.05. The Labute approximate surface area is 218 Å². The summed E-state index contributed by atoms with van der Waals surface area (Å²) >= 11 is 0. The van der Waals surface area contributed by atoms with Gasteiger partial charge in [-0.15, -0.1) is 0 Å². The molecule has 0 saturated carbocycles. The summed E-state index contributed by atoms with van der Waals surface area (Å²) in [6, 6.07) is 8.78. The third-order valence-electron chi connectivity index (χ3n) is 4.47. The maximum Gasteiger partial charge on any atom is 0.312 e. The molecule has 36 heavy (non-hydrogen) atoms. The van der Waals surface area contributed by atoms with Crippen molar-refractivity contribution in [3.63, 3.8) is 0 Å². The molecule has 8 heteroatoms. The summed E-state index contributed by atoms with van der Waals surface area (Å²) in [4.78, 5) is 26.2. The lowest BCUT2D eigenvalue weighted by Crippen LogP contribution is -2.43. The normalized spacial score (nSPS) is 16.6. The van der Waals surface area contributed by atoms with E-state index in [1.165, 1.54) is 0 Å². The molecule has 0 saturated heterocycles. The van der Waals surface area contributed by atoms with E-state index >= 15 is 0 Å². The Morgan fingerprint density at radius 3 is 1.67 bits per heavy atom. The van der Waals surface area contributed by atoms with Gasteiger partial charge in [0.1, 0.15) is 11.2 Å². The highest BCUT2D eigenvalue weighted by molar-refractivity contribution is 7.67. The third-order valence-corrected chi connectivity index (χ3v) is 7.44. The van der Waals surface area contributed by atoms with Crippen LogP contribution in [0.15, 0.2) is 30.3 Å². The van der Waals surface area contributed by atoms with Crippen LogP contribution < -0.4 is 5.30 Å². The zero-order valence-corrected chi connectivity index (χ0v) is 25.2. The molecule has 0 radical (unpaired) electrons. The van der Waals surface area contributed by atoms with Gasteiger partial charge in [0.15, 0.2) is 5.85 Å². The van der Waals surface area contributed by atoms with Crippen LogP contribution in [0.1, 0.15) is 95.9 Å². The largest absolute Gasteiger partial charge is 0.460 e. The molecule has 0 aliphatic carbocycles. The first-order chi connectivity index (χ1) is 16.0. The van der Waals surface area contributed by atoms with E-state index < -0.39 is 53.5 Å². The minimum atomic E-state index is -3.85. The molecule has 0 spiro atoms. The average Bonchev–Trinajstić information content (AvgIpc) is 2.62. The van der Waals surface area contributed by atoms with Crippen molar-refractivity contribution in [2.24, 2.45) is 5.92 Å². The summed E-state index contributed by atoms with van der Waals surface area (Å²) < 4.78 is 38.8. The van der Waals surface area contributed by atoms with Gasteiger partial charge in [0.25, 0.3) is 7.37 Å². The Hall–Kier alpha value is -1.69. The summed E-state index contributed by atoms with van der Waals surface area (Å²) in [6.07, 6.45) is -0.0512. The van der Waals surface area contributed by atoms with Gasteiger partial charge in [-0.05, 0) is 102 Å². The second-order valence-corrected chi connectivity index (χ2v) is 15.4. The zero-order chi connectivity index (χ0) is 28.2. The van der Waals surface area contributed by atoms with Crippen LogP contribution in [0.4, 0.5) is 0 Å². The van der Waals surface area contributed by atoms with Crippen LogP contribution in [0.3, 0.4) is 0 Å². The van der Waals surface area contributed by atoms with Gasteiger partial charge in [0, 0.05) is 11.7 Å². The van der Waals surface area contributed by atoms with E-state index in [9.17, 15) is 14.2 Å². The van der Waals surface area contributed by atoms with Gasteiger partial charge < -0.3 is 18.7 Å². The van der Waals surface area contributed by atoms with E-state index in [0.717, 1.165) is 0 Å². The number of benzene rings is 1. The van der Waals surface area contributed by atoms with Crippen molar-refractivity contribution < 1.29 is 32.9 Å². The number of rotatable bonds is 9. The van der Waals surface area contributed by atoms with Gasteiger partial charge in [0.2, 0.25) is 0 Å². The Bertz CT molecular complexity index is 912. The zero-order valence-electron chi connectivity index (χ0n) is 24.3. The monoisotopic (exact) mass is 526 g/mol. The first-order valence-electron chi connectivity index (χ1n) is 12.5.